The molecule has 1 aliphatic rings. The van der Waals surface area contributed by atoms with Crippen LogP contribution in [0.3, 0.4) is 0 Å². The van der Waals surface area contributed by atoms with Crippen molar-refractivity contribution >= 4 is 21.8 Å². The number of rotatable bonds is 4. The highest BCUT2D eigenvalue weighted by Gasteiger charge is 2.26. The van der Waals surface area contributed by atoms with Gasteiger partial charge in [0.15, 0.2) is 0 Å². The molecule has 1 saturated heterocycles. The van der Waals surface area contributed by atoms with Gasteiger partial charge in [-0.3, -0.25) is 14.8 Å². The number of carbonyl (C=O) groups excluding carboxylic acids is 1. The first-order valence-corrected chi connectivity index (χ1v) is 9.47. The molecule has 8 nitrogen and oxygen atoms in total. The van der Waals surface area contributed by atoms with E-state index in [0.29, 0.717) is 35.9 Å². The fourth-order valence-corrected chi connectivity index (χ4v) is 3.60. The van der Waals surface area contributed by atoms with E-state index in [1.54, 1.807) is 37.1 Å². The minimum Gasteiger partial charge on any atom is -0.339 e. The molecule has 27 heavy (non-hydrogen) atoms. The number of carbonyl (C=O) groups is 1. The van der Waals surface area contributed by atoms with E-state index in [0.717, 1.165) is 23.9 Å². The van der Waals surface area contributed by atoms with Crippen LogP contribution >= 0.6 is 15.9 Å². The van der Waals surface area contributed by atoms with Gasteiger partial charge >= 0.3 is 0 Å². The minimum absolute atomic E-state index is 0.000668. The summed E-state index contributed by atoms with van der Waals surface area (Å²) >= 11 is 3.36. The van der Waals surface area contributed by atoms with Crippen LogP contribution in [0.2, 0.25) is 0 Å². The van der Waals surface area contributed by atoms with Gasteiger partial charge in [0.1, 0.15) is 5.69 Å². The molecule has 1 atom stereocenters. The molecule has 0 aliphatic carbocycles. The van der Waals surface area contributed by atoms with Crippen molar-refractivity contribution in [1.29, 1.82) is 0 Å². The molecule has 0 aromatic carbocycles. The monoisotopic (exact) mass is 428 g/mol. The lowest BCUT2D eigenvalue weighted by atomic mass is 9.94. The highest BCUT2D eigenvalue weighted by molar-refractivity contribution is 9.10. The summed E-state index contributed by atoms with van der Waals surface area (Å²) in [6.45, 7) is 1.41. The molecular weight excluding hydrogens is 412 g/mol. The van der Waals surface area contributed by atoms with Gasteiger partial charge in [0.25, 0.3) is 5.91 Å². The third kappa shape index (κ3) is 4.19. The average Bonchev–Trinajstić information content (AvgIpc) is 3.17. The van der Waals surface area contributed by atoms with Crippen LogP contribution in [0, 0.1) is 5.92 Å². The molecule has 3 aromatic heterocycles. The Labute approximate surface area is 164 Å². The molecule has 0 N–H and O–H groups in total. The first kappa shape index (κ1) is 17.7. The SMILES string of the molecule is O=C(c1cncc(Br)c1)N1CCCC(Cc2nc(-c3cnccn3)no2)C1. The van der Waals surface area contributed by atoms with Crippen LogP contribution < -0.4 is 0 Å². The molecule has 0 saturated carbocycles. The number of hydrogen-bond acceptors (Lipinski definition) is 7. The van der Waals surface area contributed by atoms with Crippen LogP contribution in [-0.2, 0) is 6.42 Å². The Morgan fingerprint density at radius 3 is 3.00 bits per heavy atom. The first-order valence-electron chi connectivity index (χ1n) is 8.68. The van der Waals surface area contributed by atoms with Gasteiger partial charge in [-0.15, -0.1) is 0 Å². The maximum absolute atomic E-state index is 12.7. The molecule has 1 unspecified atom stereocenters. The van der Waals surface area contributed by atoms with Crippen LogP contribution in [-0.4, -0.2) is 49.0 Å². The summed E-state index contributed by atoms with van der Waals surface area (Å²) in [5, 5.41) is 3.98. The lowest BCUT2D eigenvalue weighted by Gasteiger charge is -2.32. The smallest absolute Gasteiger partial charge is 0.255 e. The number of halogens is 1. The molecule has 0 spiro atoms. The predicted octanol–water partition coefficient (Wildman–Crippen LogP) is 2.78. The molecule has 0 radical (unpaired) electrons. The van der Waals surface area contributed by atoms with Crippen molar-refractivity contribution in [2.24, 2.45) is 5.92 Å². The Morgan fingerprint density at radius 1 is 1.26 bits per heavy atom. The Morgan fingerprint density at radius 2 is 2.19 bits per heavy atom. The molecule has 3 aromatic rings. The maximum Gasteiger partial charge on any atom is 0.255 e. The van der Waals surface area contributed by atoms with Crippen molar-refractivity contribution < 1.29 is 9.32 Å². The largest absolute Gasteiger partial charge is 0.339 e. The van der Waals surface area contributed by atoms with Gasteiger partial charge in [-0.25, -0.2) is 4.98 Å². The van der Waals surface area contributed by atoms with Crippen LogP contribution in [0.5, 0.6) is 0 Å². The average molecular weight is 429 g/mol. The summed E-state index contributed by atoms with van der Waals surface area (Å²) in [5.41, 5.74) is 1.17. The first-order chi connectivity index (χ1) is 13.2. The standard InChI is InChI=1S/C18H17BrN6O2/c19-14-7-13(8-21-9-14)18(26)25-5-1-2-12(11-25)6-16-23-17(24-27-16)15-10-20-3-4-22-15/h3-4,7-10,12H,1-2,5-6,11H2. The van der Waals surface area contributed by atoms with Gasteiger partial charge in [0.05, 0.1) is 11.8 Å². The summed E-state index contributed by atoms with van der Waals surface area (Å²) in [5.74, 6) is 1.26. The van der Waals surface area contributed by atoms with Gasteiger partial charge in [0.2, 0.25) is 11.7 Å². The summed E-state index contributed by atoms with van der Waals surface area (Å²) in [6, 6.07) is 1.80. The van der Waals surface area contributed by atoms with Crippen molar-refractivity contribution in [2.45, 2.75) is 19.3 Å². The summed E-state index contributed by atoms with van der Waals surface area (Å²) in [7, 11) is 0. The zero-order valence-electron chi connectivity index (χ0n) is 14.5. The van der Waals surface area contributed by atoms with Gasteiger partial charge in [-0.05, 0) is 40.8 Å². The number of aromatic nitrogens is 5. The zero-order valence-corrected chi connectivity index (χ0v) is 16.0. The summed E-state index contributed by atoms with van der Waals surface area (Å²) < 4.78 is 6.17. The molecule has 1 aliphatic heterocycles. The molecule has 1 amide bonds. The second-order valence-electron chi connectivity index (χ2n) is 6.46. The van der Waals surface area contributed by atoms with E-state index in [4.69, 9.17) is 4.52 Å². The topological polar surface area (TPSA) is 97.9 Å². The predicted molar refractivity (Wildman–Crippen MR) is 99.6 cm³/mol. The number of likely N-dealkylation sites (tertiary alicyclic amines) is 1. The number of hydrogen-bond donors (Lipinski definition) is 0. The van der Waals surface area contributed by atoms with Crippen LogP contribution in [0.15, 0.2) is 46.0 Å². The third-order valence-electron chi connectivity index (χ3n) is 4.48. The van der Waals surface area contributed by atoms with Crippen LogP contribution in [0.1, 0.15) is 29.1 Å². The van der Waals surface area contributed by atoms with Gasteiger partial charge < -0.3 is 9.42 Å². The van der Waals surface area contributed by atoms with E-state index in [2.05, 4.69) is 41.0 Å². The van der Waals surface area contributed by atoms with Crippen molar-refractivity contribution in [2.75, 3.05) is 13.1 Å². The van der Waals surface area contributed by atoms with Crippen LogP contribution in [0.25, 0.3) is 11.5 Å². The van der Waals surface area contributed by atoms with E-state index in [1.807, 2.05) is 4.90 Å². The number of amides is 1. The zero-order chi connectivity index (χ0) is 18.6. The van der Waals surface area contributed by atoms with Gasteiger partial charge in [-0.2, -0.15) is 4.98 Å². The molecule has 138 valence electrons. The molecule has 1 fully saturated rings. The van der Waals surface area contributed by atoms with E-state index in [-0.39, 0.29) is 11.8 Å². The lowest BCUT2D eigenvalue weighted by Crippen LogP contribution is -2.40. The van der Waals surface area contributed by atoms with Crippen molar-refractivity contribution in [3.8, 4) is 11.5 Å². The van der Waals surface area contributed by atoms with E-state index in [9.17, 15) is 4.79 Å². The van der Waals surface area contributed by atoms with Crippen LogP contribution in [0.4, 0.5) is 0 Å². The molecule has 0 bridgehead atoms. The quantitative estimate of drug-likeness (QED) is 0.629. The highest BCUT2D eigenvalue weighted by Crippen LogP contribution is 2.23. The second-order valence-corrected chi connectivity index (χ2v) is 7.37. The molecule has 9 heteroatoms. The number of pyridine rings is 1. The highest BCUT2D eigenvalue weighted by atomic mass is 79.9. The fraction of sp³-hybridized carbons (Fsp3) is 0.333. The van der Waals surface area contributed by atoms with Crippen molar-refractivity contribution in [1.82, 2.24) is 30.0 Å². The fourth-order valence-electron chi connectivity index (χ4n) is 3.23. The summed E-state index contributed by atoms with van der Waals surface area (Å²) in [4.78, 5) is 31.3. The van der Waals surface area contributed by atoms with Gasteiger partial charge in [-0.1, -0.05) is 5.16 Å². The minimum atomic E-state index is -0.000668. The summed E-state index contributed by atoms with van der Waals surface area (Å²) in [6.07, 6.45) is 10.6. The molecule has 4 heterocycles. The Balaban J connectivity index is 1.42. The van der Waals surface area contributed by atoms with E-state index in [1.165, 1.54) is 0 Å². The van der Waals surface area contributed by atoms with Crippen molar-refractivity contribution in [3.05, 3.63) is 53.0 Å². The Bertz CT molecular complexity index is 932. The van der Waals surface area contributed by atoms with E-state index >= 15 is 0 Å². The van der Waals surface area contributed by atoms with Crippen molar-refractivity contribution in [3.63, 3.8) is 0 Å². The lowest BCUT2D eigenvalue weighted by molar-refractivity contribution is 0.0667. The third-order valence-corrected chi connectivity index (χ3v) is 4.92. The number of nitrogens with zero attached hydrogens (tertiary/aromatic N) is 6. The van der Waals surface area contributed by atoms with E-state index < -0.39 is 0 Å². The van der Waals surface area contributed by atoms with Gasteiger partial charge in [0, 0.05) is 48.8 Å². The maximum atomic E-state index is 12.7. The molecule has 4 rings (SSSR count). The molecular formula is C18H17BrN6O2. The second kappa shape index (κ2) is 7.91. The Hall–Kier alpha value is -2.68. The normalized spacial score (nSPS) is 17.1. The number of piperidine rings is 1. The Kier molecular flexibility index (Phi) is 5.19.